The fourth-order valence-corrected chi connectivity index (χ4v) is 4.26. The summed E-state index contributed by atoms with van der Waals surface area (Å²) in [5, 5.41) is 11.7. The highest BCUT2D eigenvalue weighted by Crippen LogP contribution is 2.33. The van der Waals surface area contributed by atoms with Gasteiger partial charge in [-0.2, -0.15) is 13.2 Å². The molecule has 4 rings (SSSR count). The van der Waals surface area contributed by atoms with Crippen molar-refractivity contribution in [3.63, 3.8) is 0 Å². The fraction of sp³-hybridized carbons (Fsp3) is 0.348. The summed E-state index contributed by atoms with van der Waals surface area (Å²) in [5.74, 6) is 1.49. The van der Waals surface area contributed by atoms with Gasteiger partial charge in [0.2, 0.25) is 5.91 Å². The van der Waals surface area contributed by atoms with Crippen LogP contribution in [0.2, 0.25) is 0 Å². The zero-order chi connectivity index (χ0) is 23.4. The summed E-state index contributed by atoms with van der Waals surface area (Å²) in [6.07, 6.45) is -1.03. The predicted molar refractivity (Wildman–Crippen MR) is 119 cm³/mol. The van der Waals surface area contributed by atoms with Crippen molar-refractivity contribution in [3.8, 4) is 22.8 Å². The topological polar surface area (TPSA) is 69.0 Å². The van der Waals surface area contributed by atoms with Gasteiger partial charge in [0, 0.05) is 12.1 Å². The monoisotopic (exact) mass is 476 g/mol. The van der Waals surface area contributed by atoms with Crippen LogP contribution in [0.25, 0.3) is 17.1 Å². The number of ether oxygens (including phenoxy) is 1. The van der Waals surface area contributed by atoms with Gasteiger partial charge in [-0.3, -0.25) is 9.36 Å². The number of methoxy groups -OCH3 is 1. The van der Waals surface area contributed by atoms with Crippen LogP contribution in [0.3, 0.4) is 0 Å². The van der Waals surface area contributed by atoms with E-state index >= 15 is 0 Å². The molecule has 1 aliphatic carbocycles. The molecule has 0 unspecified atom stereocenters. The molecule has 2 aromatic carbocycles. The molecule has 10 heteroatoms. The van der Waals surface area contributed by atoms with Crippen LogP contribution < -0.4 is 10.1 Å². The summed E-state index contributed by atoms with van der Waals surface area (Å²) >= 11 is 1.14. The lowest BCUT2D eigenvalue weighted by atomic mass is 9.85. The summed E-state index contributed by atoms with van der Waals surface area (Å²) in [4.78, 5) is 12.3. The minimum Gasteiger partial charge on any atom is -0.497 e. The minimum atomic E-state index is -4.49. The van der Waals surface area contributed by atoms with E-state index in [0.29, 0.717) is 34.8 Å². The zero-order valence-corrected chi connectivity index (χ0v) is 18.7. The Labute approximate surface area is 193 Å². The van der Waals surface area contributed by atoms with Crippen molar-refractivity contribution in [2.24, 2.45) is 5.92 Å². The molecule has 0 spiro atoms. The maximum absolute atomic E-state index is 13.3. The number of rotatable bonds is 8. The molecule has 33 heavy (non-hydrogen) atoms. The van der Waals surface area contributed by atoms with Crippen molar-refractivity contribution >= 4 is 17.7 Å². The van der Waals surface area contributed by atoms with Gasteiger partial charge in [-0.05, 0) is 61.2 Å². The number of alkyl halides is 3. The van der Waals surface area contributed by atoms with Gasteiger partial charge < -0.3 is 10.1 Å². The molecule has 6 nitrogen and oxygen atoms in total. The molecule has 0 atom stereocenters. The average molecular weight is 477 g/mol. The molecule has 1 fully saturated rings. The number of carbonyl (C=O) groups is 1. The van der Waals surface area contributed by atoms with E-state index in [0.717, 1.165) is 36.7 Å². The second-order valence-electron chi connectivity index (χ2n) is 7.81. The van der Waals surface area contributed by atoms with Crippen molar-refractivity contribution in [1.29, 1.82) is 0 Å². The number of amides is 1. The first kappa shape index (κ1) is 23.2. The number of carbonyl (C=O) groups excluding carboxylic acids is 1. The molecule has 0 bridgehead atoms. The van der Waals surface area contributed by atoms with Crippen molar-refractivity contribution in [2.45, 2.75) is 30.6 Å². The first-order chi connectivity index (χ1) is 15.8. The number of benzene rings is 2. The summed E-state index contributed by atoms with van der Waals surface area (Å²) in [7, 11) is 1.55. The second kappa shape index (κ2) is 9.86. The normalized spacial score (nSPS) is 14.1. The SMILES string of the molecule is COc1ccc(-c2nnc(SCC(=O)NCC3CCC3)n2-c2cccc(C(F)(F)F)c2)cc1. The lowest BCUT2D eigenvalue weighted by Gasteiger charge is -2.25. The van der Waals surface area contributed by atoms with Gasteiger partial charge in [0.25, 0.3) is 0 Å². The van der Waals surface area contributed by atoms with Gasteiger partial charge >= 0.3 is 6.18 Å². The number of halogens is 3. The average Bonchev–Trinajstić information content (AvgIpc) is 3.20. The van der Waals surface area contributed by atoms with E-state index in [1.165, 1.54) is 12.5 Å². The van der Waals surface area contributed by atoms with Gasteiger partial charge in [0.05, 0.1) is 24.1 Å². The van der Waals surface area contributed by atoms with Crippen LogP contribution >= 0.6 is 11.8 Å². The summed E-state index contributed by atoms with van der Waals surface area (Å²) in [6, 6.07) is 12.0. The van der Waals surface area contributed by atoms with Gasteiger partial charge in [-0.1, -0.05) is 24.2 Å². The predicted octanol–water partition coefficient (Wildman–Crippen LogP) is 4.97. The Morgan fingerprint density at radius 1 is 1.18 bits per heavy atom. The zero-order valence-electron chi connectivity index (χ0n) is 17.9. The van der Waals surface area contributed by atoms with E-state index in [2.05, 4.69) is 15.5 Å². The fourth-order valence-electron chi connectivity index (χ4n) is 3.48. The molecular formula is C23H23F3N4O2S. The highest BCUT2D eigenvalue weighted by molar-refractivity contribution is 7.99. The summed E-state index contributed by atoms with van der Waals surface area (Å²) in [6.45, 7) is 0.650. The molecule has 0 saturated heterocycles. The Morgan fingerprint density at radius 3 is 2.58 bits per heavy atom. The number of nitrogens with zero attached hydrogens (tertiary/aromatic N) is 3. The Balaban J connectivity index is 1.63. The first-order valence-electron chi connectivity index (χ1n) is 10.5. The van der Waals surface area contributed by atoms with E-state index in [1.54, 1.807) is 42.0 Å². The summed E-state index contributed by atoms with van der Waals surface area (Å²) < 4.78 is 46.7. The molecule has 1 N–H and O–H groups in total. The van der Waals surface area contributed by atoms with Crippen LogP contribution in [0.15, 0.2) is 53.7 Å². The Kier molecular flexibility index (Phi) is 6.92. The molecule has 1 aromatic heterocycles. The molecule has 1 saturated carbocycles. The highest BCUT2D eigenvalue weighted by Gasteiger charge is 2.31. The van der Waals surface area contributed by atoms with E-state index in [-0.39, 0.29) is 17.3 Å². The third-order valence-corrected chi connectivity index (χ3v) is 6.49. The second-order valence-corrected chi connectivity index (χ2v) is 8.75. The quantitative estimate of drug-likeness (QED) is 0.465. The molecule has 1 aliphatic rings. The molecule has 1 amide bonds. The van der Waals surface area contributed by atoms with Crippen molar-refractivity contribution in [1.82, 2.24) is 20.1 Å². The summed E-state index contributed by atoms with van der Waals surface area (Å²) in [5.41, 5.74) is 0.142. The Morgan fingerprint density at radius 2 is 1.94 bits per heavy atom. The van der Waals surface area contributed by atoms with Crippen molar-refractivity contribution in [3.05, 3.63) is 54.1 Å². The number of nitrogens with one attached hydrogen (secondary N) is 1. The third kappa shape index (κ3) is 5.50. The number of aromatic nitrogens is 3. The maximum Gasteiger partial charge on any atom is 0.416 e. The van der Waals surface area contributed by atoms with Gasteiger partial charge in [0.1, 0.15) is 5.75 Å². The Hall–Kier alpha value is -3.01. The van der Waals surface area contributed by atoms with E-state index < -0.39 is 11.7 Å². The highest BCUT2D eigenvalue weighted by atomic mass is 32.2. The van der Waals surface area contributed by atoms with Crippen LogP contribution in [0.4, 0.5) is 13.2 Å². The van der Waals surface area contributed by atoms with Crippen LogP contribution in [0.5, 0.6) is 5.75 Å². The maximum atomic E-state index is 13.3. The number of thioether (sulfide) groups is 1. The molecular weight excluding hydrogens is 453 g/mol. The lowest BCUT2D eigenvalue weighted by Crippen LogP contribution is -2.33. The smallest absolute Gasteiger partial charge is 0.416 e. The van der Waals surface area contributed by atoms with Crippen LogP contribution in [0, 0.1) is 5.92 Å². The van der Waals surface area contributed by atoms with Gasteiger partial charge in [-0.15, -0.1) is 10.2 Å². The molecule has 1 heterocycles. The van der Waals surface area contributed by atoms with Crippen molar-refractivity contribution in [2.75, 3.05) is 19.4 Å². The van der Waals surface area contributed by atoms with E-state index in [4.69, 9.17) is 4.74 Å². The standard InChI is InChI=1S/C23H23F3N4O2S/c1-32-19-10-8-16(9-11-19)21-28-29-22(33-14-20(31)27-13-15-4-2-5-15)30(21)18-7-3-6-17(12-18)23(24,25)26/h3,6-12,15H,2,4-5,13-14H2,1H3,(H,27,31). The minimum absolute atomic E-state index is 0.0897. The van der Waals surface area contributed by atoms with Gasteiger partial charge in [0.15, 0.2) is 11.0 Å². The largest absolute Gasteiger partial charge is 0.497 e. The molecule has 0 radical (unpaired) electrons. The lowest BCUT2D eigenvalue weighted by molar-refractivity contribution is -0.137. The van der Waals surface area contributed by atoms with Crippen LogP contribution in [-0.4, -0.2) is 40.1 Å². The third-order valence-electron chi connectivity index (χ3n) is 5.56. The number of hydrogen-bond acceptors (Lipinski definition) is 5. The van der Waals surface area contributed by atoms with Crippen LogP contribution in [0.1, 0.15) is 24.8 Å². The molecule has 3 aromatic rings. The molecule has 0 aliphatic heterocycles. The van der Waals surface area contributed by atoms with Gasteiger partial charge in [-0.25, -0.2) is 0 Å². The van der Waals surface area contributed by atoms with Crippen molar-refractivity contribution < 1.29 is 22.7 Å². The van der Waals surface area contributed by atoms with Crippen LogP contribution in [-0.2, 0) is 11.0 Å². The molecule has 174 valence electrons. The van der Waals surface area contributed by atoms with E-state index in [9.17, 15) is 18.0 Å². The Bertz CT molecular complexity index is 1110. The first-order valence-corrected chi connectivity index (χ1v) is 11.5. The number of hydrogen-bond donors (Lipinski definition) is 1. The van der Waals surface area contributed by atoms with E-state index in [1.807, 2.05) is 0 Å².